The molecule has 0 bridgehead atoms. The molecule has 0 aromatic carbocycles. The Morgan fingerprint density at radius 2 is 0.985 bits per heavy atom. The lowest BCUT2D eigenvalue weighted by molar-refractivity contribution is -0.292. The largest absolute Gasteiger partial charge is 0.455 e. The molecular weight excluding hydrogens is 861 g/mol. The van der Waals surface area contributed by atoms with E-state index in [4.69, 9.17) is 33.2 Å². The maximum Gasteiger partial charge on any atom is 0.334 e. The molecule has 0 aromatic rings. The number of hydrogen-bond acceptors (Lipinski definition) is 17. The third kappa shape index (κ3) is 17.2. The van der Waals surface area contributed by atoms with Gasteiger partial charge in [0.1, 0.15) is 54.9 Å². The molecule has 17 nitrogen and oxygen atoms in total. The fourth-order valence-electron chi connectivity index (χ4n) is 10.2. The van der Waals surface area contributed by atoms with Crippen LogP contribution >= 0.6 is 0 Å². The number of rotatable bonds is 31. The van der Waals surface area contributed by atoms with Crippen LogP contribution in [0.3, 0.4) is 0 Å². The zero-order valence-corrected chi connectivity index (χ0v) is 39.6. The second kappa shape index (κ2) is 29.1. The van der Waals surface area contributed by atoms with Crippen molar-refractivity contribution >= 4 is 5.97 Å². The molecule has 5 aliphatic heterocycles. The Morgan fingerprint density at radius 3 is 1.47 bits per heavy atom. The first kappa shape index (κ1) is 55.5. The molecular formula is C49H86O17. The summed E-state index contributed by atoms with van der Waals surface area (Å²) in [7, 11) is 0. The van der Waals surface area contributed by atoms with Crippen LogP contribution in [0.4, 0.5) is 0 Å². The Hall–Kier alpha value is -1.39. The van der Waals surface area contributed by atoms with Crippen LogP contribution in [0.2, 0.25) is 0 Å². The third-order valence-electron chi connectivity index (χ3n) is 14.3. The van der Waals surface area contributed by atoms with Crippen molar-refractivity contribution in [3.63, 3.8) is 0 Å². The molecule has 0 unspecified atom stereocenters. The number of hydrogen-bond donors (Lipinski definition) is 9. The van der Waals surface area contributed by atoms with Crippen molar-refractivity contribution in [2.75, 3.05) is 13.2 Å². The van der Waals surface area contributed by atoms with Crippen molar-refractivity contribution in [2.24, 2.45) is 0 Å². The topological polar surface area (TPSA) is 264 Å². The van der Waals surface area contributed by atoms with Gasteiger partial charge in [-0.2, -0.15) is 0 Å². The number of unbranched alkanes of at least 4 members (excludes halogenated alkanes) is 12. The van der Waals surface area contributed by atoms with E-state index in [-0.39, 0.29) is 55.8 Å². The summed E-state index contributed by atoms with van der Waals surface area (Å²) < 4.78 is 42.1. The molecule has 384 valence electrons. The Labute approximate surface area is 392 Å². The molecule has 0 amide bonds. The smallest absolute Gasteiger partial charge is 0.334 e. The summed E-state index contributed by atoms with van der Waals surface area (Å²) in [5.74, 6) is -0.171. The van der Waals surface area contributed by atoms with Gasteiger partial charge in [0.05, 0.1) is 55.9 Å². The lowest BCUT2D eigenvalue weighted by Crippen LogP contribution is -2.58. The van der Waals surface area contributed by atoms with Crippen LogP contribution in [0.15, 0.2) is 11.6 Å². The van der Waals surface area contributed by atoms with Crippen LogP contribution in [0.5, 0.6) is 0 Å². The first-order valence-electron chi connectivity index (χ1n) is 25.7. The molecule has 5 heterocycles. The first-order chi connectivity index (χ1) is 31.8. The van der Waals surface area contributed by atoms with Crippen LogP contribution in [0.25, 0.3) is 0 Å². The van der Waals surface area contributed by atoms with E-state index in [0.29, 0.717) is 44.9 Å². The summed E-state index contributed by atoms with van der Waals surface area (Å²) in [5.41, 5.74) is 0.812. The molecule has 5 rings (SSSR count). The molecule has 4 fully saturated rings. The van der Waals surface area contributed by atoms with Gasteiger partial charge in [0.15, 0.2) is 12.6 Å². The number of cyclic esters (lactones) is 1. The molecule has 4 saturated heterocycles. The third-order valence-corrected chi connectivity index (χ3v) is 14.3. The predicted octanol–water partition coefficient (Wildman–Crippen LogP) is 3.51. The zero-order chi connectivity index (χ0) is 47.6. The van der Waals surface area contributed by atoms with Gasteiger partial charge in [-0.25, -0.2) is 4.79 Å². The van der Waals surface area contributed by atoms with Gasteiger partial charge in [0, 0.05) is 5.57 Å². The van der Waals surface area contributed by atoms with Crippen molar-refractivity contribution in [1.29, 1.82) is 0 Å². The maximum absolute atomic E-state index is 11.8. The number of aliphatic hydroxyl groups is 9. The Kier molecular flexibility index (Phi) is 24.5. The molecule has 66 heavy (non-hydrogen) atoms. The highest BCUT2D eigenvalue weighted by Gasteiger charge is 2.47. The van der Waals surface area contributed by atoms with Crippen LogP contribution < -0.4 is 0 Å². The van der Waals surface area contributed by atoms with Crippen LogP contribution in [-0.4, -0.2) is 175 Å². The SMILES string of the molecule is CCCCCC[C@H](O)CCC[C@H](OC[C@H]1O[C@@H](O)[C@H](O)[C@@H](O)[C@@H]1O)[C@H]1CC[C@H]([C@H]2CC[C@H]([C@@H](CCCCCCCCCCCCC3=C[C@H](C)OC3=O)OC[C@H]3O[C@@H](O)[C@H](O)[C@@H](O)[C@@H]3O)O2)O1. The second-order valence-corrected chi connectivity index (χ2v) is 19.7. The zero-order valence-electron chi connectivity index (χ0n) is 39.6. The Balaban J connectivity index is 1.09. The van der Waals surface area contributed by atoms with Crippen LogP contribution in [0, 0.1) is 0 Å². The van der Waals surface area contributed by atoms with Gasteiger partial charge in [-0.15, -0.1) is 0 Å². The van der Waals surface area contributed by atoms with Crippen LogP contribution in [-0.2, 0) is 38.0 Å². The quantitative estimate of drug-likeness (QED) is 0.0356. The average Bonchev–Trinajstić information content (AvgIpc) is 4.07. The van der Waals surface area contributed by atoms with E-state index in [2.05, 4.69) is 6.92 Å². The Morgan fingerprint density at radius 1 is 0.545 bits per heavy atom. The molecule has 18 atom stereocenters. The van der Waals surface area contributed by atoms with Gasteiger partial charge in [0.25, 0.3) is 0 Å². The summed E-state index contributed by atoms with van der Waals surface area (Å²) in [6.07, 6.45) is 6.88. The van der Waals surface area contributed by atoms with Gasteiger partial charge >= 0.3 is 5.97 Å². The average molecular weight is 947 g/mol. The van der Waals surface area contributed by atoms with Crippen molar-refractivity contribution < 1.29 is 83.9 Å². The van der Waals surface area contributed by atoms with E-state index in [1.807, 2.05) is 13.0 Å². The van der Waals surface area contributed by atoms with E-state index in [1.165, 1.54) is 12.8 Å². The number of esters is 1. The minimum atomic E-state index is -1.67. The highest BCUT2D eigenvalue weighted by molar-refractivity contribution is 5.90. The first-order valence-corrected chi connectivity index (χ1v) is 25.7. The standard InChI is InChI=1S/C49H86O17/c1-3-4-5-15-19-32(50)20-17-22-34(61-29-40-42(52)44(54)46(56)49(59)66-40)36-24-26-38(64-36)37-25-23-35(63-37)33(60-28-39-41(51)43(53)45(55)48(58)65-39)21-16-13-11-9-7-6-8-10-12-14-18-31-27-30(2)62-47(31)57/h27,30,32-46,48-56,58-59H,3-26,28-29H2,1-2H3/t30-,32-,33+,34-,35+,36+,37+,38+,39+,40+,41+,42+,43-,44-,45+,46+,48+,49+/m0/s1. The summed E-state index contributed by atoms with van der Waals surface area (Å²) in [6, 6.07) is 0. The molecule has 0 radical (unpaired) electrons. The normalized spacial score (nSPS) is 36.4. The van der Waals surface area contributed by atoms with Crippen molar-refractivity contribution in [3.8, 4) is 0 Å². The van der Waals surface area contributed by atoms with Gasteiger partial charge in [-0.1, -0.05) is 90.4 Å². The van der Waals surface area contributed by atoms with Gasteiger partial charge < -0.3 is 79.1 Å². The minimum Gasteiger partial charge on any atom is -0.455 e. The number of carbonyl (C=O) groups excluding carboxylic acids is 1. The summed E-state index contributed by atoms with van der Waals surface area (Å²) >= 11 is 0. The Bertz CT molecular complexity index is 1390. The fourth-order valence-corrected chi connectivity index (χ4v) is 10.2. The molecule has 9 N–H and O–H groups in total. The van der Waals surface area contributed by atoms with Gasteiger partial charge in [0.2, 0.25) is 0 Å². The maximum atomic E-state index is 11.8. The van der Waals surface area contributed by atoms with E-state index in [1.54, 1.807) is 0 Å². The predicted molar refractivity (Wildman–Crippen MR) is 241 cm³/mol. The van der Waals surface area contributed by atoms with E-state index < -0.39 is 73.6 Å². The number of ether oxygens (including phenoxy) is 7. The number of carbonyl (C=O) groups is 1. The van der Waals surface area contributed by atoms with E-state index in [9.17, 15) is 50.8 Å². The summed E-state index contributed by atoms with van der Waals surface area (Å²) in [4.78, 5) is 11.8. The second-order valence-electron chi connectivity index (χ2n) is 19.7. The minimum absolute atomic E-state index is 0.109. The number of aliphatic hydroxyl groups excluding tert-OH is 9. The molecule has 0 spiro atoms. The highest BCUT2D eigenvalue weighted by Crippen LogP contribution is 2.37. The highest BCUT2D eigenvalue weighted by atomic mass is 16.7. The molecule has 17 heteroatoms. The fraction of sp³-hybridized carbons (Fsp3) is 0.939. The van der Waals surface area contributed by atoms with E-state index >= 15 is 0 Å². The monoisotopic (exact) mass is 947 g/mol. The van der Waals surface area contributed by atoms with Crippen molar-refractivity contribution in [3.05, 3.63) is 11.6 Å². The molecule has 5 aliphatic rings. The van der Waals surface area contributed by atoms with E-state index in [0.717, 1.165) is 102 Å². The van der Waals surface area contributed by atoms with Crippen molar-refractivity contribution in [2.45, 2.75) is 278 Å². The van der Waals surface area contributed by atoms with Crippen molar-refractivity contribution in [1.82, 2.24) is 0 Å². The molecule has 0 aliphatic carbocycles. The van der Waals surface area contributed by atoms with Gasteiger partial charge in [-0.3, -0.25) is 0 Å². The van der Waals surface area contributed by atoms with Crippen LogP contribution in [0.1, 0.15) is 168 Å². The molecule has 0 saturated carbocycles. The summed E-state index contributed by atoms with van der Waals surface area (Å²) in [6.45, 7) is 3.78. The summed E-state index contributed by atoms with van der Waals surface area (Å²) in [5, 5.41) is 92.7. The lowest BCUT2D eigenvalue weighted by atomic mass is 9.98. The lowest BCUT2D eigenvalue weighted by Gasteiger charge is -2.39. The molecule has 0 aromatic heterocycles. The van der Waals surface area contributed by atoms with Gasteiger partial charge in [-0.05, 0) is 83.6 Å².